The maximum Gasteiger partial charge on any atom is 0.307 e. The van der Waals surface area contributed by atoms with Gasteiger partial charge in [-0.3, -0.25) is 4.79 Å². The molecule has 0 bridgehead atoms. The minimum atomic E-state index is -0.965. The molecule has 0 aliphatic rings. The molecule has 0 aromatic heterocycles. The third kappa shape index (κ3) is 4.15. The molecule has 0 heterocycles. The summed E-state index contributed by atoms with van der Waals surface area (Å²) in [7, 11) is 0. The number of carboxylic acid groups (broad SMARTS) is 1. The van der Waals surface area contributed by atoms with Gasteiger partial charge in [0.15, 0.2) is 0 Å². The average Bonchev–Trinajstić information content (AvgIpc) is 2.43. The fourth-order valence-electron chi connectivity index (χ4n) is 2.49. The van der Waals surface area contributed by atoms with E-state index in [-0.39, 0.29) is 6.42 Å². The summed E-state index contributed by atoms with van der Waals surface area (Å²) >= 11 is 0. The SMILES string of the molecule is CCNCc1cc(C)ccc1-c1cc(F)cc(CC(=O)O)c1. The topological polar surface area (TPSA) is 49.3 Å². The maximum absolute atomic E-state index is 13.8. The lowest BCUT2D eigenvalue weighted by atomic mass is 9.95. The molecule has 2 aromatic rings. The Morgan fingerprint density at radius 2 is 2.00 bits per heavy atom. The lowest BCUT2D eigenvalue weighted by molar-refractivity contribution is -0.136. The fourth-order valence-corrected chi connectivity index (χ4v) is 2.49. The van der Waals surface area contributed by atoms with E-state index < -0.39 is 11.8 Å². The van der Waals surface area contributed by atoms with Crippen LogP contribution in [0.2, 0.25) is 0 Å². The monoisotopic (exact) mass is 301 g/mol. The van der Waals surface area contributed by atoms with Crippen LogP contribution >= 0.6 is 0 Å². The minimum Gasteiger partial charge on any atom is -0.481 e. The Morgan fingerprint density at radius 1 is 1.23 bits per heavy atom. The molecule has 116 valence electrons. The molecule has 2 rings (SSSR count). The van der Waals surface area contributed by atoms with Gasteiger partial charge in [0.25, 0.3) is 0 Å². The zero-order chi connectivity index (χ0) is 16.1. The van der Waals surface area contributed by atoms with E-state index in [1.54, 1.807) is 6.07 Å². The molecule has 2 aromatic carbocycles. The second kappa shape index (κ2) is 7.18. The predicted molar refractivity (Wildman–Crippen MR) is 85.3 cm³/mol. The Labute approximate surface area is 129 Å². The van der Waals surface area contributed by atoms with Crippen LogP contribution in [0.5, 0.6) is 0 Å². The summed E-state index contributed by atoms with van der Waals surface area (Å²) in [5.74, 6) is -1.38. The van der Waals surface area contributed by atoms with Gasteiger partial charge in [-0.05, 0) is 47.9 Å². The maximum atomic E-state index is 13.8. The number of carboxylic acids is 1. The Balaban J connectivity index is 2.46. The number of hydrogen-bond donors (Lipinski definition) is 2. The van der Waals surface area contributed by atoms with Gasteiger partial charge < -0.3 is 10.4 Å². The van der Waals surface area contributed by atoms with E-state index in [9.17, 15) is 9.18 Å². The number of aliphatic carboxylic acids is 1. The van der Waals surface area contributed by atoms with E-state index in [0.717, 1.165) is 23.2 Å². The summed E-state index contributed by atoms with van der Waals surface area (Å²) in [5.41, 5.74) is 4.33. The first-order chi connectivity index (χ1) is 10.5. The number of benzene rings is 2. The summed E-state index contributed by atoms with van der Waals surface area (Å²) in [5, 5.41) is 12.2. The molecule has 3 nitrogen and oxygen atoms in total. The molecule has 0 unspecified atom stereocenters. The summed E-state index contributed by atoms with van der Waals surface area (Å²) < 4.78 is 13.8. The van der Waals surface area contributed by atoms with Crippen molar-refractivity contribution in [1.29, 1.82) is 0 Å². The van der Waals surface area contributed by atoms with Gasteiger partial charge in [0.1, 0.15) is 5.82 Å². The van der Waals surface area contributed by atoms with Crippen LogP contribution < -0.4 is 5.32 Å². The van der Waals surface area contributed by atoms with Crippen molar-refractivity contribution < 1.29 is 14.3 Å². The molecule has 4 heteroatoms. The molecular weight excluding hydrogens is 281 g/mol. The molecule has 0 aliphatic carbocycles. The number of hydrogen-bond acceptors (Lipinski definition) is 2. The first-order valence-electron chi connectivity index (χ1n) is 7.31. The highest BCUT2D eigenvalue weighted by Gasteiger charge is 2.10. The van der Waals surface area contributed by atoms with Gasteiger partial charge in [-0.1, -0.05) is 36.8 Å². The average molecular weight is 301 g/mol. The van der Waals surface area contributed by atoms with Crippen LogP contribution in [0.25, 0.3) is 11.1 Å². The van der Waals surface area contributed by atoms with Crippen molar-refractivity contribution >= 4 is 5.97 Å². The van der Waals surface area contributed by atoms with Crippen molar-refractivity contribution in [2.45, 2.75) is 26.8 Å². The predicted octanol–water partition coefficient (Wildman–Crippen LogP) is 3.54. The molecule has 0 spiro atoms. The Bertz CT molecular complexity index is 683. The van der Waals surface area contributed by atoms with Crippen molar-refractivity contribution in [1.82, 2.24) is 5.32 Å². The molecule has 0 atom stereocenters. The number of rotatable bonds is 6. The smallest absolute Gasteiger partial charge is 0.307 e. The van der Waals surface area contributed by atoms with Crippen molar-refractivity contribution in [3.05, 3.63) is 58.9 Å². The largest absolute Gasteiger partial charge is 0.481 e. The van der Waals surface area contributed by atoms with Crippen LogP contribution in [-0.2, 0) is 17.8 Å². The molecule has 22 heavy (non-hydrogen) atoms. The quantitative estimate of drug-likeness (QED) is 0.858. The number of aryl methyl sites for hydroxylation is 1. The number of nitrogens with one attached hydrogen (secondary N) is 1. The van der Waals surface area contributed by atoms with E-state index in [1.165, 1.54) is 12.1 Å². The highest BCUT2D eigenvalue weighted by Crippen LogP contribution is 2.27. The minimum absolute atomic E-state index is 0.181. The van der Waals surface area contributed by atoms with E-state index in [2.05, 4.69) is 11.4 Å². The highest BCUT2D eigenvalue weighted by atomic mass is 19.1. The molecular formula is C18H20FNO2. The van der Waals surface area contributed by atoms with Gasteiger partial charge in [0.2, 0.25) is 0 Å². The highest BCUT2D eigenvalue weighted by molar-refractivity contribution is 5.73. The molecule has 0 aliphatic heterocycles. The van der Waals surface area contributed by atoms with Gasteiger partial charge in [0.05, 0.1) is 6.42 Å². The van der Waals surface area contributed by atoms with Crippen LogP contribution in [0.15, 0.2) is 36.4 Å². The van der Waals surface area contributed by atoms with Crippen LogP contribution in [-0.4, -0.2) is 17.6 Å². The third-order valence-electron chi connectivity index (χ3n) is 3.45. The zero-order valence-corrected chi connectivity index (χ0v) is 12.8. The van der Waals surface area contributed by atoms with Crippen molar-refractivity contribution in [2.24, 2.45) is 0 Å². The zero-order valence-electron chi connectivity index (χ0n) is 12.8. The summed E-state index contributed by atoms with van der Waals surface area (Å²) in [6.45, 7) is 5.59. The van der Waals surface area contributed by atoms with E-state index in [4.69, 9.17) is 5.11 Å². The van der Waals surface area contributed by atoms with Crippen LogP contribution in [0, 0.1) is 12.7 Å². The molecule has 0 saturated heterocycles. The lowest BCUT2D eigenvalue weighted by Crippen LogP contribution is -2.12. The second-order valence-electron chi connectivity index (χ2n) is 5.36. The molecule has 0 fully saturated rings. The Hall–Kier alpha value is -2.20. The van der Waals surface area contributed by atoms with Crippen molar-refractivity contribution in [3.8, 4) is 11.1 Å². The lowest BCUT2D eigenvalue weighted by Gasteiger charge is -2.13. The molecule has 0 saturated carbocycles. The van der Waals surface area contributed by atoms with Crippen molar-refractivity contribution in [3.63, 3.8) is 0 Å². The first-order valence-corrected chi connectivity index (χ1v) is 7.31. The van der Waals surface area contributed by atoms with Crippen LogP contribution in [0.3, 0.4) is 0 Å². The van der Waals surface area contributed by atoms with E-state index in [1.807, 2.05) is 26.0 Å². The molecule has 2 N–H and O–H groups in total. The first kappa shape index (κ1) is 16.2. The normalized spacial score (nSPS) is 10.7. The van der Waals surface area contributed by atoms with Crippen LogP contribution in [0.1, 0.15) is 23.6 Å². The van der Waals surface area contributed by atoms with Crippen LogP contribution in [0.4, 0.5) is 4.39 Å². The summed E-state index contributed by atoms with van der Waals surface area (Å²) in [6, 6.07) is 10.5. The summed E-state index contributed by atoms with van der Waals surface area (Å²) in [4.78, 5) is 10.8. The Morgan fingerprint density at radius 3 is 2.68 bits per heavy atom. The molecule has 0 amide bonds. The fraction of sp³-hybridized carbons (Fsp3) is 0.278. The molecule has 0 radical (unpaired) electrons. The van der Waals surface area contributed by atoms with Gasteiger partial charge >= 0.3 is 5.97 Å². The standard InChI is InChI=1S/C18H20FNO2/c1-3-20-11-15-6-12(2)4-5-17(15)14-7-13(9-18(21)22)8-16(19)10-14/h4-8,10,20H,3,9,11H2,1-2H3,(H,21,22). The van der Waals surface area contributed by atoms with Gasteiger partial charge in [-0.15, -0.1) is 0 Å². The van der Waals surface area contributed by atoms with Gasteiger partial charge in [-0.2, -0.15) is 0 Å². The second-order valence-corrected chi connectivity index (χ2v) is 5.36. The van der Waals surface area contributed by atoms with Gasteiger partial charge in [0, 0.05) is 6.54 Å². The van der Waals surface area contributed by atoms with Gasteiger partial charge in [-0.25, -0.2) is 4.39 Å². The third-order valence-corrected chi connectivity index (χ3v) is 3.45. The van der Waals surface area contributed by atoms with E-state index in [0.29, 0.717) is 17.7 Å². The number of halogens is 1. The van der Waals surface area contributed by atoms with Crippen molar-refractivity contribution in [2.75, 3.05) is 6.54 Å². The van der Waals surface area contributed by atoms with E-state index >= 15 is 0 Å². The number of carbonyl (C=O) groups is 1. The Kier molecular flexibility index (Phi) is 5.28. The summed E-state index contributed by atoms with van der Waals surface area (Å²) in [6.07, 6.45) is -0.181.